The zero-order valence-electron chi connectivity index (χ0n) is 11.9. The molecule has 2 rings (SSSR count). The van der Waals surface area contributed by atoms with Crippen molar-refractivity contribution in [3.63, 3.8) is 0 Å². The van der Waals surface area contributed by atoms with Crippen LogP contribution in [0.15, 0.2) is 33.5 Å². The van der Waals surface area contributed by atoms with Crippen LogP contribution in [0.1, 0.15) is 18.4 Å². The van der Waals surface area contributed by atoms with E-state index in [1.807, 2.05) is 6.92 Å². The lowest BCUT2D eigenvalue weighted by Crippen LogP contribution is -2.35. The molecule has 2 aromatic rings. The molecule has 0 unspecified atom stereocenters. The van der Waals surface area contributed by atoms with Gasteiger partial charge in [-0.25, -0.2) is 4.79 Å². The SMILES string of the molecule is Cc1cc(=O)oc2cc(NC(=O)[C@@H](N)CCCN)ccc12. The lowest BCUT2D eigenvalue weighted by atomic mass is 10.1. The van der Waals surface area contributed by atoms with Gasteiger partial charge in [0.15, 0.2) is 0 Å². The maximum atomic E-state index is 11.9. The van der Waals surface area contributed by atoms with Crippen molar-refractivity contribution < 1.29 is 9.21 Å². The first kappa shape index (κ1) is 15.2. The van der Waals surface area contributed by atoms with E-state index in [-0.39, 0.29) is 5.91 Å². The molecule has 0 aliphatic heterocycles. The average molecular weight is 289 g/mol. The third kappa shape index (κ3) is 3.68. The van der Waals surface area contributed by atoms with E-state index in [0.29, 0.717) is 30.7 Å². The Bertz CT molecular complexity index is 709. The second-order valence-corrected chi connectivity index (χ2v) is 4.99. The van der Waals surface area contributed by atoms with Gasteiger partial charge in [0.1, 0.15) is 5.58 Å². The van der Waals surface area contributed by atoms with Crippen molar-refractivity contribution in [1.29, 1.82) is 0 Å². The van der Waals surface area contributed by atoms with Crippen molar-refractivity contribution in [3.8, 4) is 0 Å². The van der Waals surface area contributed by atoms with E-state index in [2.05, 4.69) is 5.32 Å². The molecule has 5 N–H and O–H groups in total. The number of nitrogens with two attached hydrogens (primary N) is 2. The van der Waals surface area contributed by atoms with E-state index >= 15 is 0 Å². The molecule has 0 saturated heterocycles. The molecular weight excluding hydrogens is 270 g/mol. The number of carbonyl (C=O) groups is 1. The van der Waals surface area contributed by atoms with E-state index < -0.39 is 11.7 Å². The van der Waals surface area contributed by atoms with E-state index in [0.717, 1.165) is 10.9 Å². The minimum Gasteiger partial charge on any atom is -0.423 e. The molecule has 1 aromatic carbocycles. The Morgan fingerprint density at radius 2 is 2.14 bits per heavy atom. The van der Waals surface area contributed by atoms with Crippen molar-refractivity contribution in [1.82, 2.24) is 0 Å². The molecule has 1 heterocycles. The first-order valence-corrected chi connectivity index (χ1v) is 6.82. The summed E-state index contributed by atoms with van der Waals surface area (Å²) in [6.45, 7) is 2.33. The van der Waals surface area contributed by atoms with Gasteiger partial charge in [-0.2, -0.15) is 0 Å². The maximum absolute atomic E-state index is 11.9. The van der Waals surface area contributed by atoms with Crippen LogP contribution < -0.4 is 22.4 Å². The van der Waals surface area contributed by atoms with E-state index in [1.54, 1.807) is 18.2 Å². The number of hydrogen-bond donors (Lipinski definition) is 3. The molecule has 1 aromatic heterocycles. The highest BCUT2D eigenvalue weighted by Crippen LogP contribution is 2.20. The summed E-state index contributed by atoms with van der Waals surface area (Å²) in [5.41, 5.74) is 12.6. The summed E-state index contributed by atoms with van der Waals surface area (Å²) < 4.78 is 5.14. The predicted octanol–water partition coefficient (Wildman–Crippen LogP) is 1.11. The smallest absolute Gasteiger partial charge is 0.336 e. The van der Waals surface area contributed by atoms with Crippen LogP contribution in [0.3, 0.4) is 0 Å². The van der Waals surface area contributed by atoms with E-state index in [1.165, 1.54) is 6.07 Å². The van der Waals surface area contributed by atoms with Gasteiger partial charge in [0.2, 0.25) is 5.91 Å². The molecule has 6 heteroatoms. The number of amides is 1. The Morgan fingerprint density at radius 3 is 2.86 bits per heavy atom. The van der Waals surface area contributed by atoms with Gasteiger partial charge in [0.05, 0.1) is 6.04 Å². The number of carbonyl (C=O) groups excluding carboxylic acids is 1. The summed E-state index contributed by atoms with van der Waals surface area (Å²) in [6.07, 6.45) is 1.23. The number of nitrogens with one attached hydrogen (secondary N) is 1. The topological polar surface area (TPSA) is 111 Å². The van der Waals surface area contributed by atoms with Crippen LogP contribution in [0.4, 0.5) is 5.69 Å². The monoisotopic (exact) mass is 289 g/mol. The third-order valence-electron chi connectivity index (χ3n) is 3.27. The largest absolute Gasteiger partial charge is 0.423 e. The number of aryl methyl sites for hydroxylation is 1. The lowest BCUT2D eigenvalue weighted by molar-refractivity contribution is -0.117. The minimum atomic E-state index is -0.603. The van der Waals surface area contributed by atoms with Crippen molar-refractivity contribution in [3.05, 3.63) is 40.2 Å². The summed E-state index contributed by atoms with van der Waals surface area (Å²) in [6, 6.07) is 6.01. The Balaban J connectivity index is 2.20. The van der Waals surface area contributed by atoms with Crippen molar-refractivity contribution in [2.24, 2.45) is 11.5 Å². The van der Waals surface area contributed by atoms with Crippen molar-refractivity contribution >= 4 is 22.6 Å². The Kier molecular flexibility index (Phi) is 4.72. The van der Waals surface area contributed by atoms with Crippen molar-refractivity contribution in [2.75, 3.05) is 11.9 Å². The van der Waals surface area contributed by atoms with Crippen LogP contribution in [0.5, 0.6) is 0 Å². The first-order chi connectivity index (χ1) is 10.0. The fraction of sp³-hybridized carbons (Fsp3) is 0.333. The number of rotatable bonds is 5. The van der Waals surface area contributed by atoms with E-state index in [4.69, 9.17) is 15.9 Å². The number of benzene rings is 1. The summed E-state index contributed by atoms with van der Waals surface area (Å²) >= 11 is 0. The summed E-state index contributed by atoms with van der Waals surface area (Å²) in [5.74, 6) is -0.280. The summed E-state index contributed by atoms with van der Waals surface area (Å²) in [7, 11) is 0. The van der Waals surface area contributed by atoms with Gasteiger partial charge in [-0.05, 0) is 44.0 Å². The first-order valence-electron chi connectivity index (χ1n) is 6.82. The predicted molar refractivity (Wildman–Crippen MR) is 82.1 cm³/mol. The van der Waals surface area contributed by atoms with Gasteiger partial charge in [0, 0.05) is 23.2 Å². The minimum absolute atomic E-state index is 0.280. The maximum Gasteiger partial charge on any atom is 0.336 e. The molecule has 6 nitrogen and oxygen atoms in total. The lowest BCUT2D eigenvalue weighted by Gasteiger charge is -2.12. The third-order valence-corrected chi connectivity index (χ3v) is 3.27. The molecule has 0 aliphatic carbocycles. The molecular formula is C15H19N3O3. The highest BCUT2D eigenvalue weighted by molar-refractivity contribution is 5.96. The Labute approximate surface area is 122 Å². The van der Waals surface area contributed by atoms with Gasteiger partial charge in [0.25, 0.3) is 0 Å². The number of anilines is 1. The molecule has 0 bridgehead atoms. The molecule has 0 radical (unpaired) electrons. The second-order valence-electron chi connectivity index (χ2n) is 4.99. The van der Waals surface area contributed by atoms with Crippen LogP contribution >= 0.6 is 0 Å². The van der Waals surface area contributed by atoms with Gasteiger partial charge in [-0.3, -0.25) is 4.79 Å². The van der Waals surface area contributed by atoms with Gasteiger partial charge in [-0.15, -0.1) is 0 Å². The van der Waals surface area contributed by atoms with Gasteiger partial charge >= 0.3 is 5.63 Å². The molecule has 1 atom stereocenters. The normalized spacial score (nSPS) is 12.3. The molecule has 0 fully saturated rings. The highest BCUT2D eigenvalue weighted by Gasteiger charge is 2.13. The molecule has 0 aliphatic rings. The molecule has 1 amide bonds. The van der Waals surface area contributed by atoms with Crippen molar-refractivity contribution in [2.45, 2.75) is 25.8 Å². The Morgan fingerprint density at radius 1 is 1.38 bits per heavy atom. The summed E-state index contributed by atoms with van der Waals surface area (Å²) in [5, 5.41) is 3.55. The quantitative estimate of drug-likeness (QED) is 0.714. The fourth-order valence-electron chi connectivity index (χ4n) is 2.11. The van der Waals surface area contributed by atoms with Crippen LogP contribution in [-0.4, -0.2) is 18.5 Å². The van der Waals surface area contributed by atoms with Crippen LogP contribution in [0, 0.1) is 6.92 Å². The van der Waals surface area contributed by atoms with Crippen LogP contribution in [0.25, 0.3) is 11.0 Å². The molecule has 0 saturated carbocycles. The second kappa shape index (κ2) is 6.51. The molecule has 0 spiro atoms. The van der Waals surface area contributed by atoms with Crippen LogP contribution in [0.2, 0.25) is 0 Å². The standard InChI is InChI=1S/C15H19N3O3/c1-9-7-14(19)21-13-8-10(4-5-11(9)13)18-15(20)12(17)3-2-6-16/h4-5,7-8,12H,2-3,6,16-17H2,1H3,(H,18,20)/t12-/m0/s1. The highest BCUT2D eigenvalue weighted by atomic mass is 16.4. The van der Waals surface area contributed by atoms with Gasteiger partial charge < -0.3 is 21.2 Å². The average Bonchev–Trinajstić information content (AvgIpc) is 2.44. The number of fused-ring (bicyclic) bond motifs is 1. The Hall–Kier alpha value is -2.18. The van der Waals surface area contributed by atoms with E-state index in [9.17, 15) is 9.59 Å². The summed E-state index contributed by atoms with van der Waals surface area (Å²) in [4.78, 5) is 23.3. The zero-order valence-corrected chi connectivity index (χ0v) is 11.9. The van der Waals surface area contributed by atoms with Gasteiger partial charge in [-0.1, -0.05) is 0 Å². The molecule has 112 valence electrons. The fourth-order valence-corrected chi connectivity index (χ4v) is 2.11. The zero-order chi connectivity index (χ0) is 15.4. The van der Waals surface area contributed by atoms with Crippen LogP contribution in [-0.2, 0) is 4.79 Å². The number of hydrogen-bond acceptors (Lipinski definition) is 5. The molecule has 21 heavy (non-hydrogen) atoms.